The van der Waals surface area contributed by atoms with Gasteiger partial charge in [-0.25, -0.2) is 8.42 Å². The molecule has 1 amide bonds. The number of carbonyl (C=O) groups excluding carboxylic acids is 1. The Hall–Kier alpha value is -3.24. The molecule has 0 fully saturated rings. The van der Waals surface area contributed by atoms with E-state index in [0.717, 1.165) is 9.87 Å². The largest absolute Gasteiger partial charge is 0.495 e. The third-order valence-corrected chi connectivity index (χ3v) is 7.24. The van der Waals surface area contributed by atoms with Gasteiger partial charge in [-0.05, 0) is 48.0 Å². The van der Waals surface area contributed by atoms with Gasteiger partial charge in [-0.1, -0.05) is 40.2 Å². The zero-order chi connectivity index (χ0) is 23.4. The van der Waals surface area contributed by atoms with Crippen molar-refractivity contribution >= 4 is 37.5 Å². The highest BCUT2D eigenvalue weighted by Crippen LogP contribution is 2.33. The topological polar surface area (TPSA) is 94.2 Å². The Bertz CT molecular complexity index is 1270. The summed E-state index contributed by atoms with van der Waals surface area (Å²) in [6.07, 6.45) is 0. The van der Waals surface area contributed by atoms with Gasteiger partial charge in [0.25, 0.3) is 10.0 Å². The van der Waals surface area contributed by atoms with E-state index < -0.39 is 22.5 Å². The van der Waals surface area contributed by atoms with Crippen molar-refractivity contribution in [1.29, 1.82) is 0 Å². The van der Waals surface area contributed by atoms with Crippen LogP contribution in [-0.4, -0.2) is 34.8 Å². The van der Waals surface area contributed by atoms with Gasteiger partial charge in [0.15, 0.2) is 11.5 Å². The Morgan fingerprint density at radius 1 is 1.06 bits per heavy atom. The molecule has 8 nitrogen and oxygen atoms in total. The molecule has 0 saturated heterocycles. The van der Waals surface area contributed by atoms with Crippen molar-refractivity contribution in [2.45, 2.75) is 11.4 Å². The fourth-order valence-corrected chi connectivity index (χ4v) is 5.44. The van der Waals surface area contributed by atoms with Crippen LogP contribution in [0.5, 0.6) is 17.2 Å². The number of benzene rings is 3. The first-order valence-corrected chi connectivity index (χ1v) is 12.2. The highest BCUT2D eigenvalue weighted by atomic mass is 79.9. The number of ether oxygens (including phenoxy) is 3. The van der Waals surface area contributed by atoms with E-state index in [-0.39, 0.29) is 24.0 Å². The average molecular weight is 533 g/mol. The van der Waals surface area contributed by atoms with Gasteiger partial charge in [0, 0.05) is 11.0 Å². The first kappa shape index (κ1) is 22.9. The van der Waals surface area contributed by atoms with Crippen molar-refractivity contribution in [3.63, 3.8) is 0 Å². The van der Waals surface area contributed by atoms with Gasteiger partial charge in [0.1, 0.15) is 17.2 Å². The molecule has 10 heteroatoms. The smallest absolute Gasteiger partial charge is 0.268 e. The molecule has 0 saturated carbocycles. The Morgan fingerprint density at radius 3 is 2.58 bits per heavy atom. The minimum absolute atomic E-state index is 0.0493. The molecule has 0 spiro atoms. The van der Waals surface area contributed by atoms with Gasteiger partial charge in [-0.15, -0.1) is 0 Å². The quantitative estimate of drug-likeness (QED) is 0.475. The average Bonchev–Trinajstić information content (AvgIpc) is 3.29. The van der Waals surface area contributed by atoms with Gasteiger partial charge in [-0.3, -0.25) is 9.10 Å². The van der Waals surface area contributed by atoms with E-state index in [0.29, 0.717) is 21.7 Å². The minimum Gasteiger partial charge on any atom is -0.495 e. The lowest BCUT2D eigenvalue weighted by atomic mass is 10.2. The van der Waals surface area contributed by atoms with Gasteiger partial charge in [0.05, 0.1) is 12.8 Å². The third kappa shape index (κ3) is 5.07. The monoisotopic (exact) mass is 532 g/mol. The summed E-state index contributed by atoms with van der Waals surface area (Å²) in [5.74, 6) is 0.973. The number of nitrogens with one attached hydrogen (secondary N) is 1. The van der Waals surface area contributed by atoms with Crippen LogP contribution >= 0.6 is 15.9 Å². The molecule has 0 radical (unpaired) electrons. The Morgan fingerprint density at radius 2 is 1.82 bits per heavy atom. The molecule has 0 bridgehead atoms. The zero-order valence-electron chi connectivity index (χ0n) is 17.7. The minimum atomic E-state index is -4.12. The van der Waals surface area contributed by atoms with E-state index in [2.05, 4.69) is 21.2 Å². The van der Waals surface area contributed by atoms with Crippen LogP contribution in [0.4, 0.5) is 5.69 Å². The van der Waals surface area contributed by atoms with E-state index in [1.54, 1.807) is 54.6 Å². The van der Waals surface area contributed by atoms with E-state index in [1.165, 1.54) is 13.2 Å². The fourth-order valence-electron chi connectivity index (χ4n) is 3.32. The van der Waals surface area contributed by atoms with Crippen molar-refractivity contribution < 1.29 is 27.4 Å². The van der Waals surface area contributed by atoms with Crippen molar-refractivity contribution in [2.75, 3.05) is 24.8 Å². The number of hydrogen-bond donors (Lipinski definition) is 1. The van der Waals surface area contributed by atoms with Crippen LogP contribution in [0.2, 0.25) is 0 Å². The van der Waals surface area contributed by atoms with Gasteiger partial charge in [-0.2, -0.15) is 0 Å². The predicted molar refractivity (Wildman–Crippen MR) is 126 cm³/mol. The number of anilines is 1. The molecule has 172 valence electrons. The summed E-state index contributed by atoms with van der Waals surface area (Å²) in [6.45, 7) is -0.0426. The molecular weight excluding hydrogens is 512 g/mol. The van der Waals surface area contributed by atoms with Crippen LogP contribution in [0.25, 0.3) is 0 Å². The highest BCUT2D eigenvalue weighted by molar-refractivity contribution is 9.10. The predicted octanol–water partition coefficient (Wildman–Crippen LogP) is 3.70. The first-order valence-electron chi connectivity index (χ1n) is 9.95. The van der Waals surface area contributed by atoms with Crippen LogP contribution < -0.4 is 23.8 Å². The Kier molecular flexibility index (Phi) is 6.75. The summed E-state index contributed by atoms with van der Waals surface area (Å²) >= 11 is 3.31. The number of fused-ring (bicyclic) bond motifs is 1. The van der Waals surface area contributed by atoms with Crippen molar-refractivity contribution in [1.82, 2.24) is 5.32 Å². The molecule has 1 aliphatic rings. The fraction of sp³-hybridized carbons (Fsp3) is 0.174. The number of sulfonamides is 1. The van der Waals surface area contributed by atoms with Gasteiger partial charge >= 0.3 is 0 Å². The second-order valence-corrected chi connectivity index (χ2v) is 9.85. The molecule has 3 aromatic rings. The molecule has 33 heavy (non-hydrogen) atoms. The lowest BCUT2D eigenvalue weighted by molar-refractivity contribution is -0.119. The van der Waals surface area contributed by atoms with Crippen LogP contribution in [0.15, 0.2) is 76.1 Å². The van der Waals surface area contributed by atoms with Crippen molar-refractivity contribution in [3.05, 3.63) is 76.8 Å². The second-order valence-electron chi connectivity index (χ2n) is 7.11. The van der Waals surface area contributed by atoms with Crippen LogP contribution in [0.3, 0.4) is 0 Å². The maximum atomic E-state index is 13.6. The molecule has 0 aliphatic carbocycles. The lowest BCUT2D eigenvalue weighted by Gasteiger charge is -2.25. The Labute approximate surface area is 200 Å². The van der Waals surface area contributed by atoms with Gasteiger partial charge in [0.2, 0.25) is 12.7 Å². The molecule has 4 rings (SSSR count). The molecule has 0 atom stereocenters. The van der Waals surface area contributed by atoms with E-state index in [4.69, 9.17) is 14.2 Å². The lowest BCUT2D eigenvalue weighted by Crippen LogP contribution is -2.40. The number of para-hydroxylation sites is 1. The van der Waals surface area contributed by atoms with E-state index in [1.807, 2.05) is 6.07 Å². The standard InChI is InChI=1S/C23H21BrN2O6S/c1-30-20-10-8-17(24)12-22(20)33(28,29)26(18-5-3-2-4-6-18)14-23(27)25-13-16-7-9-19-21(11-16)32-15-31-19/h2-12H,13-15H2,1H3,(H,25,27). The molecule has 0 aromatic heterocycles. The van der Waals surface area contributed by atoms with E-state index in [9.17, 15) is 13.2 Å². The zero-order valence-corrected chi connectivity index (χ0v) is 20.1. The second kappa shape index (κ2) is 9.72. The number of methoxy groups -OCH3 is 1. The third-order valence-electron chi connectivity index (χ3n) is 4.95. The summed E-state index contributed by atoms with van der Waals surface area (Å²) in [5, 5.41) is 2.77. The Balaban J connectivity index is 1.58. The summed E-state index contributed by atoms with van der Waals surface area (Å²) in [5.41, 5.74) is 1.16. The first-order chi connectivity index (χ1) is 15.9. The highest BCUT2D eigenvalue weighted by Gasteiger charge is 2.30. The summed E-state index contributed by atoms with van der Waals surface area (Å²) in [4.78, 5) is 12.8. The maximum absolute atomic E-state index is 13.6. The van der Waals surface area contributed by atoms with Crippen LogP contribution in [0.1, 0.15) is 5.56 Å². The molecular formula is C23H21BrN2O6S. The van der Waals surface area contributed by atoms with Crippen LogP contribution in [-0.2, 0) is 21.4 Å². The molecule has 3 aromatic carbocycles. The molecule has 1 N–H and O–H groups in total. The summed E-state index contributed by atoms with van der Waals surface area (Å²) in [7, 11) is -2.73. The van der Waals surface area contributed by atoms with Crippen molar-refractivity contribution in [3.8, 4) is 17.2 Å². The number of rotatable bonds is 8. The normalized spacial score (nSPS) is 12.3. The van der Waals surface area contributed by atoms with Gasteiger partial charge < -0.3 is 19.5 Å². The molecule has 1 heterocycles. The summed E-state index contributed by atoms with van der Waals surface area (Å²) < 4.78 is 44.8. The molecule has 1 aliphatic heterocycles. The van der Waals surface area contributed by atoms with E-state index >= 15 is 0 Å². The number of carbonyl (C=O) groups is 1. The SMILES string of the molecule is COc1ccc(Br)cc1S(=O)(=O)N(CC(=O)NCc1ccc2c(c1)OCO2)c1ccccc1. The number of halogens is 1. The number of nitrogens with zero attached hydrogens (tertiary/aromatic N) is 1. The number of amides is 1. The molecule has 0 unspecified atom stereocenters. The van der Waals surface area contributed by atoms with Crippen LogP contribution in [0, 0.1) is 0 Å². The number of hydrogen-bond acceptors (Lipinski definition) is 6. The van der Waals surface area contributed by atoms with Crippen molar-refractivity contribution in [2.24, 2.45) is 0 Å². The summed E-state index contributed by atoms with van der Waals surface area (Å²) in [6, 6.07) is 18.5. The maximum Gasteiger partial charge on any atom is 0.268 e.